The molecule has 1 saturated heterocycles. The van der Waals surface area contributed by atoms with Crippen molar-refractivity contribution in [1.82, 2.24) is 9.21 Å². The van der Waals surface area contributed by atoms with Crippen LogP contribution in [0.2, 0.25) is 0 Å². The van der Waals surface area contributed by atoms with Crippen molar-refractivity contribution in [2.45, 2.75) is 31.6 Å². The minimum Gasteiger partial charge on any atom is -0.370 e. The summed E-state index contributed by atoms with van der Waals surface area (Å²) in [6.07, 6.45) is 3.33. The first kappa shape index (κ1) is 28.1. The number of rotatable bonds is 10. The molecule has 1 atom stereocenters. The molecule has 2 aromatic carbocycles. The van der Waals surface area contributed by atoms with Gasteiger partial charge in [-0.1, -0.05) is 18.2 Å². The molecule has 1 N–H and O–H groups in total. The normalized spacial score (nSPS) is 16.2. The highest BCUT2D eigenvalue weighted by Crippen LogP contribution is 2.29. The van der Waals surface area contributed by atoms with Crippen LogP contribution in [0.15, 0.2) is 52.5 Å². The standard InChI is InChI=1S/C25H34N6O5S/c1-5-29(6-2)25(32)20-11-9-15-30(18-20)23-12-8-7-10-19(23)17-26-27-22-14-13-21(31(33)34)16-24(22)37(35,36)28(3)4/h7-8,10,12-14,16-17,20,27H,5-6,9,11,15,18H2,1-4H3/b26-17-/t20-/m0/s1. The van der Waals surface area contributed by atoms with Crippen LogP contribution in [0, 0.1) is 16.0 Å². The zero-order valence-corrected chi connectivity index (χ0v) is 22.4. The lowest BCUT2D eigenvalue weighted by atomic mass is 9.95. The summed E-state index contributed by atoms with van der Waals surface area (Å²) in [6, 6.07) is 11.2. The average Bonchev–Trinajstić information content (AvgIpc) is 2.89. The van der Waals surface area contributed by atoms with E-state index in [0.29, 0.717) is 19.6 Å². The summed E-state index contributed by atoms with van der Waals surface area (Å²) in [6.45, 7) is 6.78. The van der Waals surface area contributed by atoms with Crippen LogP contribution < -0.4 is 10.3 Å². The van der Waals surface area contributed by atoms with Crippen molar-refractivity contribution in [3.63, 3.8) is 0 Å². The number of anilines is 2. The Hall–Kier alpha value is -3.51. The second-order valence-electron chi connectivity index (χ2n) is 8.95. The second-order valence-corrected chi connectivity index (χ2v) is 11.1. The predicted octanol–water partition coefficient (Wildman–Crippen LogP) is 3.38. The van der Waals surface area contributed by atoms with Crippen LogP contribution in [0.5, 0.6) is 0 Å². The number of amides is 1. The van der Waals surface area contributed by atoms with E-state index in [-0.39, 0.29) is 28.1 Å². The van der Waals surface area contributed by atoms with Crippen molar-refractivity contribution in [2.24, 2.45) is 11.0 Å². The molecule has 1 aliphatic heterocycles. The summed E-state index contributed by atoms with van der Waals surface area (Å²) in [5, 5.41) is 15.5. The van der Waals surface area contributed by atoms with Crippen molar-refractivity contribution in [2.75, 3.05) is 50.6 Å². The second kappa shape index (κ2) is 12.2. The number of benzene rings is 2. The summed E-state index contributed by atoms with van der Waals surface area (Å²) in [5.41, 5.74) is 4.25. The highest BCUT2D eigenvalue weighted by Gasteiger charge is 2.29. The van der Waals surface area contributed by atoms with E-state index in [1.165, 1.54) is 26.2 Å². The van der Waals surface area contributed by atoms with E-state index in [1.54, 1.807) is 6.21 Å². The minimum atomic E-state index is -3.96. The molecular weight excluding hydrogens is 496 g/mol. The van der Waals surface area contributed by atoms with E-state index in [0.717, 1.165) is 41.0 Å². The number of hydrazone groups is 1. The number of piperidine rings is 1. The first-order chi connectivity index (χ1) is 17.6. The Kier molecular flexibility index (Phi) is 9.22. The van der Waals surface area contributed by atoms with Crippen LogP contribution >= 0.6 is 0 Å². The maximum atomic E-state index is 12.9. The molecule has 2 aromatic rings. The molecule has 1 amide bonds. The fraction of sp³-hybridized carbons (Fsp3) is 0.440. The molecule has 200 valence electrons. The molecule has 1 fully saturated rings. The topological polar surface area (TPSA) is 128 Å². The largest absolute Gasteiger partial charge is 0.370 e. The van der Waals surface area contributed by atoms with Gasteiger partial charge in [0, 0.05) is 63.7 Å². The van der Waals surface area contributed by atoms with Crippen LogP contribution in [0.3, 0.4) is 0 Å². The van der Waals surface area contributed by atoms with Gasteiger partial charge >= 0.3 is 0 Å². The number of nitro benzene ring substituents is 1. The van der Waals surface area contributed by atoms with E-state index in [9.17, 15) is 23.3 Å². The lowest BCUT2D eigenvalue weighted by molar-refractivity contribution is -0.385. The Morgan fingerprint density at radius 1 is 1.22 bits per heavy atom. The number of nitrogens with zero attached hydrogens (tertiary/aromatic N) is 5. The Morgan fingerprint density at radius 2 is 1.92 bits per heavy atom. The molecule has 3 rings (SSSR count). The van der Waals surface area contributed by atoms with Crippen LogP contribution in [0.4, 0.5) is 17.1 Å². The smallest absolute Gasteiger partial charge is 0.270 e. The number of carbonyl (C=O) groups is 1. The summed E-state index contributed by atoms with van der Waals surface area (Å²) in [5.74, 6) is 0.103. The number of sulfonamides is 1. The molecule has 0 spiro atoms. The van der Waals surface area contributed by atoms with Gasteiger partial charge in [0.25, 0.3) is 5.69 Å². The fourth-order valence-electron chi connectivity index (χ4n) is 4.37. The van der Waals surface area contributed by atoms with Crippen LogP contribution in [0.25, 0.3) is 0 Å². The molecule has 0 aliphatic carbocycles. The van der Waals surface area contributed by atoms with Gasteiger partial charge in [0.15, 0.2) is 0 Å². The van der Waals surface area contributed by atoms with Crippen molar-refractivity contribution in [3.8, 4) is 0 Å². The lowest BCUT2D eigenvalue weighted by Crippen LogP contribution is -2.45. The summed E-state index contributed by atoms with van der Waals surface area (Å²) >= 11 is 0. The third-order valence-corrected chi connectivity index (χ3v) is 8.30. The van der Waals surface area contributed by atoms with Crippen molar-refractivity contribution in [3.05, 3.63) is 58.1 Å². The SMILES string of the molecule is CCN(CC)C(=O)[C@H]1CCCN(c2ccccc2/C=N\Nc2ccc([N+](=O)[O-])cc2S(=O)(=O)N(C)C)C1. The maximum absolute atomic E-state index is 12.9. The number of hydrogen-bond acceptors (Lipinski definition) is 8. The Bertz CT molecular complexity index is 1260. The number of carbonyl (C=O) groups excluding carboxylic acids is 1. The van der Waals surface area contributed by atoms with Gasteiger partial charge in [0.2, 0.25) is 15.9 Å². The van der Waals surface area contributed by atoms with E-state index >= 15 is 0 Å². The molecule has 1 heterocycles. The monoisotopic (exact) mass is 530 g/mol. The van der Waals surface area contributed by atoms with Gasteiger partial charge in [-0.2, -0.15) is 5.10 Å². The molecule has 0 bridgehead atoms. The van der Waals surface area contributed by atoms with Gasteiger partial charge in [-0.25, -0.2) is 12.7 Å². The number of nitrogens with one attached hydrogen (secondary N) is 1. The average molecular weight is 531 g/mol. The molecule has 37 heavy (non-hydrogen) atoms. The maximum Gasteiger partial charge on any atom is 0.270 e. The predicted molar refractivity (Wildman–Crippen MR) is 144 cm³/mol. The third-order valence-electron chi connectivity index (χ3n) is 6.45. The zero-order chi connectivity index (χ0) is 27.2. The first-order valence-corrected chi connectivity index (χ1v) is 13.7. The summed E-state index contributed by atoms with van der Waals surface area (Å²) in [4.78, 5) is 27.3. The van der Waals surface area contributed by atoms with E-state index in [2.05, 4.69) is 15.4 Å². The fourth-order valence-corrected chi connectivity index (χ4v) is 5.43. The number of nitro groups is 1. The van der Waals surface area contributed by atoms with E-state index in [1.807, 2.05) is 43.0 Å². The highest BCUT2D eigenvalue weighted by molar-refractivity contribution is 7.89. The number of para-hydroxylation sites is 1. The molecule has 11 nitrogen and oxygen atoms in total. The van der Waals surface area contributed by atoms with Gasteiger partial charge < -0.3 is 9.80 Å². The molecule has 1 aliphatic rings. The van der Waals surface area contributed by atoms with Gasteiger partial charge in [-0.05, 0) is 38.8 Å². The number of hydrogen-bond donors (Lipinski definition) is 1. The molecule has 12 heteroatoms. The zero-order valence-electron chi connectivity index (χ0n) is 21.6. The molecular formula is C25H34N6O5S. The van der Waals surface area contributed by atoms with E-state index < -0.39 is 14.9 Å². The third kappa shape index (κ3) is 6.44. The van der Waals surface area contributed by atoms with E-state index in [4.69, 9.17) is 0 Å². The Morgan fingerprint density at radius 3 is 2.57 bits per heavy atom. The van der Waals surface area contributed by atoms with Crippen molar-refractivity contribution >= 4 is 39.2 Å². The van der Waals surface area contributed by atoms with Gasteiger partial charge in [0.05, 0.1) is 22.7 Å². The molecule has 0 radical (unpaired) electrons. The highest BCUT2D eigenvalue weighted by atomic mass is 32.2. The quantitative estimate of drug-likeness (QED) is 0.283. The lowest BCUT2D eigenvalue weighted by Gasteiger charge is -2.36. The van der Waals surface area contributed by atoms with Crippen molar-refractivity contribution < 1.29 is 18.1 Å². The van der Waals surface area contributed by atoms with Crippen LogP contribution in [-0.2, 0) is 14.8 Å². The van der Waals surface area contributed by atoms with Gasteiger partial charge in [0.1, 0.15) is 4.90 Å². The molecule has 0 unspecified atom stereocenters. The van der Waals surface area contributed by atoms with Gasteiger partial charge in [-0.3, -0.25) is 20.3 Å². The molecule has 0 aromatic heterocycles. The summed E-state index contributed by atoms with van der Waals surface area (Å²) < 4.78 is 26.5. The van der Waals surface area contributed by atoms with Crippen LogP contribution in [-0.4, -0.2) is 74.9 Å². The van der Waals surface area contributed by atoms with Crippen LogP contribution in [0.1, 0.15) is 32.3 Å². The number of non-ortho nitro benzene ring substituents is 1. The Balaban J connectivity index is 1.85. The van der Waals surface area contributed by atoms with Gasteiger partial charge in [-0.15, -0.1) is 0 Å². The summed E-state index contributed by atoms with van der Waals surface area (Å²) in [7, 11) is -1.25. The minimum absolute atomic E-state index is 0.0734. The molecule has 0 saturated carbocycles. The Labute approximate surface area is 217 Å². The first-order valence-electron chi connectivity index (χ1n) is 12.2. The van der Waals surface area contributed by atoms with Crippen molar-refractivity contribution in [1.29, 1.82) is 0 Å².